The van der Waals surface area contributed by atoms with Crippen LogP contribution in [-0.4, -0.2) is 43.0 Å². The van der Waals surface area contributed by atoms with Crippen LogP contribution in [-0.2, 0) is 0 Å². The molecule has 1 aliphatic heterocycles. The zero-order chi connectivity index (χ0) is 18.6. The zero-order valence-corrected chi connectivity index (χ0v) is 16.4. The van der Waals surface area contributed by atoms with Crippen LogP contribution in [0.25, 0.3) is 11.1 Å². The molecule has 2 aromatic rings. The van der Waals surface area contributed by atoms with Gasteiger partial charge in [0.25, 0.3) is 5.91 Å². The Morgan fingerprint density at radius 1 is 0.926 bits per heavy atom. The van der Waals surface area contributed by atoms with Crippen LogP contribution >= 0.6 is 0 Å². The maximum absolute atomic E-state index is 12.9. The van der Waals surface area contributed by atoms with Crippen molar-refractivity contribution < 1.29 is 9.69 Å². The van der Waals surface area contributed by atoms with E-state index in [-0.39, 0.29) is 5.91 Å². The monoisotopic (exact) mass is 363 g/mol. The SMILES string of the molecule is C[C@@H]1CCC[C@H]([NH+]2CCN(C(=O)c3ccc(-c4ccccc4)cc3)CC2)C1. The van der Waals surface area contributed by atoms with Crippen LogP contribution in [0.4, 0.5) is 0 Å². The second-order valence-corrected chi connectivity index (χ2v) is 8.36. The minimum absolute atomic E-state index is 0.186. The number of hydrogen-bond acceptors (Lipinski definition) is 1. The van der Waals surface area contributed by atoms with Gasteiger partial charge in [0.1, 0.15) is 0 Å². The van der Waals surface area contributed by atoms with Crippen LogP contribution in [0.5, 0.6) is 0 Å². The van der Waals surface area contributed by atoms with Gasteiger partial charge in [0.05, 0.1) is 32.2 Å². The Morgan fingerprint density at radius 2 is 1.59 bits per heavy atom. The molecule has 1 heterocycles. The maximum atomic E-state index is 12.9. The third-order valence-electron chi connectivity index (χ3n) is 6.45. The van der Waals surface area contributed by atoms with Crippen LogP contribution in [0.15, 0.2) is 54.6 Å². The summed E-state index contributed by atoms with van der Waals surface area (Å²) in [5, 5.41) is 0. The van der Waals surface area contributed by atoms with Gasteiger partial charge < -0.3 is 9.80 Å². The molecule has 3 nitrogen and oxygen atoms in total. The van der Waals surface area contributed by atoms with E-state index in [1.54, 1.807) is 4.90 Å². The van der Waals surface area contributed by atoms with Crippen molar-refractivity contribution in [1.29, 1.82) is 0 Å². The number of amides is 1. The summed E-state index contributed by atoms with van der Waals surface area (Å²) in [4.78, 5) is 16.7. The number of rotatable bonds is 3. The van der Waals surface area contributed by atoms with Gasteiger partial charge in [-0.05, 0) is 42.0 Å². The number of carbonyl (C=O) groups is 1. The second-order valence-electron chi connectivity index (χ2n) is 8.36. The summed E-state index contributed by atoms with van der Waals surface area (Å²) in [5.41, 5.74) is 3.16. The molecular formula is C24H31N2O+. The first-order valence-corrected chi connectivity index (χ1v) is 10.5. The Morgan fingerprint density at radius 3 is 2.26 bits per heavy atom. The summed E-state index contributed by atoms with van der Waals surface area (Å²) in [6.45, 7) is 6.37. The topological polar surface area (TPSA) is 24.8 Å². The van der Waals surface area contributed by atoms with E-state index in [0.717, 1.165) is 49.3 Å². The molecular weight excluding hydrogens is 332 g/mol. The lowest BCUT2D eigenvalue weighted by atomic mass is 9.86. The zero-order valence-electron chi connectivity index (χ0n) is 16.4. The van der Waals surface area contributed by atoms with E-state index in [1.807, 2.05) is 35.2 Å². The average Bonchev–Trinajstić information content (AvgIpc) is 2.74. The van der Waals surface area contributed by atoms with Crippen molar-refractivity contribution in [3.63, 3.8) is 0 Å². The predicted molar refractivity (Wildman–Crippen MR) is 110 cm³/mol. The molecule has 2 fully saturated rings. The van der Waals surface area contributed by atoms with Gasteiger partial charge in [-0.1, -0.05) is 55.8 Å². The van der Waals surface area contributed by atoms with E-state index >= 15 is 0 Å². The number of carbonyl (C=O) groups excluding carboxylic acids is 1. The molecule has 0 radical (unpaired) electrons. The lowest BCUT2D eigenvalue weighted by Crippen LogP contribution is -3.18. The number of piperazine rings is 1. The molecule has 4 rings (SSSR count). The summed E-state index contributed by atoms with van der Waals surface area (Å²) >= 11 is 0. The largest absolute Gasteiger partial charge is 0.330 e. The van der Waals surface area contributed by atoms with Crippen molar-refractivity contribution in [2.75, 3.05) is 26.2 Å². The smallest absolute Gasteiger partial charge is 0.254 e. The van der Waals surface area contributed by atoms with Crippen molar-refractivity contribution in [2.45, 2.75) is 38.6 Å². The van der Waals surface area contributed by atoms with Gasteiger partial charge in [-0.25, -0.2) is 0 Å². The molecule has 1 saturated heterocycles. The number of benzene rings is 2. The van der Waals surface area contributed by atoms with Crippen LogP contribution < -0.4 is 4.90 Å². The lowest BCUT2D eigenvalue weighted by Gasteiger charge is -2.39. The normalized spacial score (nSPS) is 24.0. The molecule has 1 amide bonds. The van der Waals surface area contributed by atoms with Gasteiger partial charge in [0.2, 0.25) is 0 Å². The summed E-state index contributed by atoms with van der Waals surface area (Å²) in [5.74, 6) is 1.06. The molecule has 2 aromatic carbocycles. The van der Waals surface area contributed by atoms with E-state index in [4.69, 9.17) is 0 Å². The highest BCUT2D eigenvalue weighted by Gasteiger charge is 2.32. The Hall–Kier alpha value is -2.13. The van der Waals surface area contributed by atoms with E-state index in [1.165, 1.54) is 31.2 Å². The summed E-state index contributed by atoms with van der Waals surface area (Å²) < 4.78 is 0. The molecule has 1 saturated carbocycles. The molecule has 1 aliphatic carbocycles. The van der Waals surface area contributed by atoms with Gasteiger partial charge >= 0.3 is 0 Å². The van der Waals surface area contributed by atoms with Crippen molar-refractivity contribution in [2.24, 2.45) is 5.92 Å². The number of hydrogen-bond donors (Lipinski definition) is 1. The molecule has 0 spiro atoms. The second kappa shape index (κ2) is 8.26. The van der Waals surface area contributed by atoms with Crippen molar-refractivity contribution >= 4 is 5.91 Å². The van der Waals surface area contributed by atoms with Gasteiger partial charge in [-0.3, -0.25) is 4.79 Å². The van der Waals surface area contributed by atoms with Crippen LogP contribution in [0, 0.1) is 5.92 Å². The van der Waals surface area contributed by atoms with Gasteiger partial charge in [-0.15, -0.1) is 0 Å². The van der Waals surface area contributed by atoms with Crippen molar-refractivity contribution in [3.8, 4) is 11.1 Å². The number of nitrogens with one attached hydrogen (secondary N) is 1. The van der Waals surface area contributed by atoms with Gasteiger partial charge in [0.15, 0.2) is 0 Å². The van der Waals surface area contributed by atoms with Crippen LogP contribution in [0.1, 0.15) is 43.0 Å². The highest BCUT2D eigenvalue weighted by molar-refractivity contribution is 5.94. The molecule has 0 aromatic heterocycles. The third kappa shape index (κ3) is 4.24. The lowest BCUT2D eigenvalue weighted by molar-refractivity contribution is -0.930. The molecule has 3 heteroatoms. The number of quaternary nitrogens is 1. The first kappa shape index (κ1) is 18.2. The Kier molecular flexibility index (Phi) is 5.58. The van der Waals surface area contributed by atoms with Gasteiger partial charge in [0, 0.05) is 12.0 Å². The summed E-state index contributed by atoms with van der Waals surface area (Å²) in [6, 6.07) is 19.2. The molecule has 142 valence electrons. The minimum atomic E-state index is 0.186. The quantitative estimate of drug-likeness (QED) is 0.889. The molecule has 0 bridgehead atoms. The highest BCUT2D eigenvalue weighted by atomic mass is 16.2. The fourth-order valence-electron chi connectivity index (χ4n) is 4.83. The highest BCUT2D eigenvalue weighted by Crippen LogP contribution is 2.22. The molecule has 2 atom stereocenters. The number of nitrogens with zero attached hydrogens (tertiary/aromatic N) is 1. The van der Waals surface area contributed by atoms with E-state index in [2.05, 4.69) is 31.2 Å². The van der Waals surface area contributed by atoms with E-state index in [9.17, 15) is 4.79 Å². The molecule has 27 heavy (non-hydrogen) atoms. The first-order valence-electron chi connectivity index (χ1n) is 10.5. The molecule has 1 N–H and O–H groups in total. The molecule has 0 unspecified atom stereocenters. The Balaban J connectivity index is 1.35. The Bertz CT molecular complexity index is 748. The third-order valence-corrected chi connectivity index (χ3v) is 6.45. The maximum Gasteiger partial charge on any atom is 0.254 e. The van der Waals surface area contributed by atoms with Crippen molar-refractivity contribution in [3.05, 3.63) is 60.2 Å². The van der Waals surface area contributed by atoms with E-state index in [0.29, 0.717) is 0 Å². The van der Waals surface area contributed by atoms with E-state index < -0.39 is 0 Å². The standard InChI is InChI=1S/C24H30N2O/c1-19-6-5-9-23(18-19)25-14-16-26(17-15-25)24(27)22-12-10-21(11-13-22)20-7-3-2-4-8-20/h2-4,7-8,10-13,19,23H,5-6,9,14-18H2,1H3/p+1/t19-,23+/m1/s1. The van der Waals surface area contributed by atoms with Gasteiger partial charge in [-0.2, -0.15) is 0 Å². The minimum Gasteiger partial charge on any atom is -0.330 e. The Labute approximate surface area is 163 Å². The first-order chi connectivity index (χ1) is 13.2. The van der Waals surface area contributed by atoms with Crippen molar-refractivity contribution in [1.82, 2.24) is 4.90 Å². The fourth-order valence-corrected chi connectivity index (χ4v) is 4.83. The van der Waals surface area contributed by atoms with Crippen LogP contribution in [0.2, 0.25) is 0 Å². The molecule has 2 aliphatic rings. The van der Waals surface area contributed by atoms with Crippen LogP contribution in [0.3, 0.4) is 0 Å². The summed E-state index contributed by atoms with van der Waals surface area (Å²) in [7, 11) is 0. The predicted octanol–water partition coefficient (Wildman–Crippen LogP) is 3.27. The fraction of sp³-hybridized carbons (Fsp3) is 0.458. The average molecular weight is 364 g/mol. The summed E-state index contributed by atoms with van der Waals surface area (Å²) in [6.07, 6.45) is 5.51.